The zero-order valence-electron chi connectivity index (χ0n) is 17.4. The number of amides is 1. The minimum atomic E-state index is -3.95. The van der Waals surface area contributed by atoms with Crippen molar-refractivity contribution in [2.24, 2.45) is 0 Å². The normalized spacial score (nSPS) is 15.6. The Labute approximate surface area is 196 Å². The molecule has 4 rings (SSSR count). The van der Waals surface area contributed by atoms with Crippen LogP contribution < -0.4 is 14.4 Å². The summed E-state index contributed by atoms with van der Waals surface area (Å²) in [6, 6.07) is 18.7. The van der Waals surface area contributed by atoms with Crippen molar-refractivity contribution >= 4 is 50.7 Å². The van der Waals surface area contributed by atoms with Gasteiger partial charge in [-0.2, -0.15) is 0 Å². The summed E-state index contributed by atoms with van der Waals surface area (Å²) in [6.07, 6.45) is 0.872. The van der Waals surface area contributed by atoms with E-state index in [1.807, 2.05) is 31.4 Å². The molecule has 1 aliphatic rings. The number of rotatable bonds is 5. The molecule has 0 saturated carbocycles. The van der Waals surface area contributed by atoms with E-state index in [0.717, 1.165) is 10.5 Å². The van der Waals surface area contributed by atoms with Crippen LogP contribution in [0.5, 0.6) is 5.75 Å². The molecule has 0 fully saturated rings. The number of nitrogens with zero attached hydrogens (tertiary/aromatic N) is 1. The maximum absolute atomic E-state index is 13.5. The summed E-state index contributed by atoms with van der Waals surface area (Å²) >= 11 is 7.64. The van der Waals surface area contributed by atoms with Crippen LogP contribution >= 0.6 is 23.4 Å². The topological polar surface area (TPSA) is 75.7 Å². The largest absolute Gasteiger partial charge is 0.476 e. The van der Waals surface area contributed by atoms with E-state index in [9.17, 15) is 13.2 Å². The fourth-order valence-electron chi connectivity index (χ4n) is 3.39. The maximum atomic E-state index is 13.5. The van der Waals surface area contributed by atoms with E-state index >= 15 is 0 Å². The monoisotopic (exact) mass is 488 g/mol. The molecule has 0 aliphatic carbocycles. The molecule has 0 bridgehead atoms. The van der Waals surface area contributed by atoms with Crippen molar-refractivity contribution in [2.45, 2.75) is 22.8 Å². The smallest absolute Gasteiger partial charge is 0.267 e. The molecular weight excluding hydrogens is 468 g/mol. The molecule has 0 unspecified atom stereocenters. The molecule has 3 aromatic carbocycles. The van der Waals surface area contributed by atoms with Gasteiger partial charge >= 0.3 is 0 Å². The Hall–Kier alpha value is -2.68. The molecule has 166 valence electrons. The van der Waals surface area contributed by atoms with Crippen LogP contribution in [0.4, 0.5) is 11.4 Å². The van der Waals surface area contributed by atoms with Crippen molar-refractivity contribution in [3.63, 3.8) is 0 Å². The molecule has 6 nitrogen and oxygen atoms in total. The van der Waals surface area contributed by atoms with Gasteiger partial charge in [0.05, 0.1) is 22.8 Å². The fourth-order valence-corrected chi connectivity index (χ4v) is 5.57. The SMILES string of the molecule is CSc1ccccc1NC(=O)[C@@H]1CN(S(=O)(=O)c2ccc(C)cc2)c2cc(Cl)ccc2O1. The molecule has 1 atom stereocenters. The third-order valence-corrected chi connectivity index (χ3v) is 7.88. The van der Waals surface area contributed by atoms with Gasteiger partial charge in [0.15, 0.2) is 6.10 Å². The molecule has 1 N–H and O–H groups in total. The lowest BCUT2D eigenvalue weighted by molar-refractivity contribution is -0.122. The van der Waals surface area contributed by atoms with Gasteiger partial charge in [-0.05, 0) is 55.6 Å². The number of sulfonamides is 1. The number of halogens is 1. The molecule has 32 heavy (non-hydrogen) atoms. The number of carbonyl (C=O) groups is 1. The van der Waals surface area contributed by atoms with Crippen LogP contribution in [0.1, 0.15) is 5.56 Å². The summed E-state index contributed by atoms with van der Waals surface area (Å²) in [5.74, 6) is -0.161. The first-order chi connectivity index (χ1) is 15.3. The summed E-state index contributed by atoms with van der Waals surface area (Å²) in [5.41, 5.74) is 1.88. The standard InChI is InChI=1S/C23H21ClN2O4S2/c1-15-7-10-17(11-8-15)32(28,29)26-14-21(30-20-12-9-16(24)13-19(20)26)23(27)25-18-5-3-4-6-22(18)31-2/h3-13,21H,14H2,1-2H3,(H,25,27)/t21-/m0/s1. The van der Waals surface area contributed by atoms with Crippen LogP contribution in [-0.4, -0.2) is 33.2 Å². The summed E-state index contributed by atoms with van der Waals surface area (Å²) in [4.78, 5) is 14.1. The maximum Gasteiger partial charge on any atom is 0.267 e. The Morgan fingerprint density at radius 3 is 2.56 bits per heavy atom. The van der Waals surface area contributed by atoms with Crippen molar-refractivity contribution < 1.29 is 17.9 Å². The van der Waals surface area contributed by atoms with Crippen molar-refractivity contribution in [1.82, 2.24) is 0 Å². The summed E-state index contributed by atoms with van der Waals surface area (Å²) in [7, 11) is -3.95. The number of anilines is 2. The molecule has 0 radical (unpaired) electrons. The van der Waals surface area contributed by atoms with Gasteiger partial charge in [-0.25, -0.2) is 8.42 Å². The van der Waals surface area contributed by atoms with Crippen LogP contribution in [0.2, 0.25) is 5.02 Å². The Balaban J connectivity index is 1.70. The van der Waals surface area contributed by atoms with E-state index in [2.05, 4.69) is 5.32 Å². The molecular formula is C23H21ClN2O4S2. The molecule has 1 aliphatic heterocycles. The first kappa shape index (κ1) is 22.5. The minimum Gasteiger partial charge on any atom is -0.476 e. The van der Waals surface area contributed by atoms with E-state index < -0.39 is 22.0 Å². The average molecular weight is 489 g/mol. The molecule has 0 aromatic heterocycles. The van der Waals surface area contributed by atoms with Gasteiger partial charge in [0.2, 0.25) is 0 Å². The number of hydrogen-bond acceptors (Lipinski definition) is 5. The second-order valence-corrected chi connectivity index (χ2v) is 10.4. The van der Waals surface area contributed by atoms with Gasteiger partial charge in [-0.1, -0.05) is 41.4 Å². The third kappa shape index (κ3) is 4.44. The highest BCUT2D eigenvalue weighted by molar-refractivity contribution is 7.98. The number of fused-ring (bicyclic) bond motifs is 1. The lowest BCUT2D eigenvalue weighted by Gasteiger charge is -2.35. The third-order valence-electron chi connectivity index (χ3n) is 5.06. The summed E-state index contributed by atoms with van der Waals surface area (Å²) in [6.45, 7) is 1.70. The lowest BCUT2D eigenvalue weighted by atomic mass is 10.2. The molecule has 0 saturated heterocycles. The van der Waals surface area contributed by atoms with E-state index in [1.165, 1.54) is 22.1 Å². The second kappa shape index (κ2) is 9.05. The Kier molecular flexibility index (Phi) is 6.37. The van der Waals surface area contributed by atoms with Crippen LogP contribution in [0.15, 0.2) is 76.5 Å². The van der Waals surface area contributed by atoms with Crippen molar-refractivity contribution in [3.8, 4) is 5.75 Å². The van der Waals surface area contributed by atoms with Gasteiger partial charge in [-0.15, -0.1) is 11.8 Å². The molecule has 9 heteroatoms. The van der Waals surface area contributed by atoms with E-state index in [-0.39, 0.29) is 17.2 Å². The van der Waals surface area contributed by atoms with Crippen LogP contribution in [0.3, 0.4) is 0 Å². The number of ether oxygens (including phenoxy) is 1. The number of para-hydroxylation sites is 1. The zero-order chi connectivity index (χ0) is 22.9. The Bertz CT molecular complexity index is 1260. The highest BCUT2D eigenvalue weighted by atomic mass is 35.5. The predicted octanol–water partition coefficient (Wildman–Crippen LogP) is 4.97. The average Bonchev–Trinajstić information content (AvgIpc) is 2.79. The van der Waals surface area contributed by atoms with E-state index in [0.29, 0.717) is 16.4 Å². The first-order valence-corrected chi connectivity index (χ1v) is 12.8. The quantitative estimate of drug-likeness (QED) is 0.513. The first-order valence-electron chi connectivity index (χ1n) is 9.79. The van der Waals surface area contributed by atoms with Crippen molar-refractivity contribution in [2.75, 3.05) is 22.4 Å². The van der Waals surface area contributed by atoms with Gasteiger partial charge in [0.1, 0.15) is 5.75 Å². The molecule has 1 heterocycles. The Morgan fingerprint density at radius 1 is 1.12 bits per heavy atom. The predicted molar refractivity (Wildman–Crippen MR) is 128 cm³/mol. The molecule has 0 spiro atoms. The fraction of sp³-hybridized carbons (Fsp3) is 0.174. The van der Waals surface area contributed by atoms with Crippen LogP contribution in [0.25, 0.3) is 0 Å². The van der Waals surface area contributed by atoms with Gasteiger partial charge in [0, 0.05) is 9.92 Å². The molecule has 3 aromatic rings. The highest BCUT2D eigenvalue weighted by Gasteiger charge is 2.38. The van der Waals surface area contributed by atoms with E-state index in [4.69, 9.17) is 16.3 Å². The zero-order valence-corrected chi connectivity index (χ0v) is 19.8. The van der Waals surface area contributed by atoms with Gasteiger partial charge in [0.25, 0.3) is 15.9 Å². The number of nitrogens with one attached hydrogen (secondary N) is 1. The number of thioether (sulfide) groups is 1. The second-order valence-electron chi connectivity index (χ2n) is 7.26. The number of aryl methyl sites for hydroxylation is 1. The van der Waals surface area contributed by atoms with Gasteiger partial charge < -0.3 is 10.1 Å². The summed E-state index contributed by atoms with van der Waals surface area (Å²) in [5, 5.41) is 3.23. The van der Waals surface area contributed by atoms with Crippen LogP contribution in [-0.2, 0) is 14.8 Å². The van der Waals surface area contributed by atoms with Gasteiger partial charge in [-0.3, -0.25) is 9.10 Å². The minimum absolute atomic E-state index is 0.128. The van der Waals surface area contributed by atoms with Crippen molar-refractivity contribution in [1.29, 1.82) is 0 Å². The number of carbonyl (C=O) groups excluding carboxylic acids is 1. The highest BCUT2D eigenvalue weighted by Crippen LogP contribution is 2.39. The lowest BCUT2D eigenvalue weighted by Crippen LogP contribution is -2.48. The number of benzene rings is 3. The summed E-state index contributed by atoms with van der Waals surface area (Å²) < 4.78 is 34.1. The van der Waals surface area contributed by atoms with Crippen molar-refractivity contribution in [3.05, 3.63) is 77.3 Å². The Morgan fingerprint density at radius 2 is 1.84 bits per heavy atom. The molecule has 1 amide bonds. The van der Waals surface area contributed by atoms with E-state index in [1.54, 1.807) is 42.5 Å². The van der Waals surface area contributed by atoms with Crippen LogP contribution in [0, 0.1) is 6.92 Å². The number of hydrogen-bond donors (Lipinski definition) is 1.